The summed E-state index contributed by atoms with van der Waals surface area (Å²) in [5.74, 6) is 0.258. The molecule has 2 heterocycles. The lowest BCUT2D eigenvalue weighted by molar-refractivity contribution is 0.0462. The minimum Gasteiger partial charge on any atom is -0.380 e. The minimum atomic E-state index is -0.114. The second kappa shape index (κ2) is 9.30. The number of hydrogen-bond acceptors (Lipinski definition) is 4. The fourth-order valence-corrected chi connectivity index (χ4v) is 4.05. The van der Waals surface area contributed by atoms with Crippen LogP contribution in [0.1, 0.15) is 33.2 Å². The zero-order chi connectivity index (χ0) is 22.8. The highest BCUT2D eigenvalue weighted by molar-refractivity contribution is 6.30. The summed E-state index contributed by atoms with van der Waals surface area (Å²) < 4.78 is 7.11. The Balaban J connectivity index is 1.38. The van der Waals surface area contributed by atoms with E-state index < -0.39 is 0 Å². The van der Waals surface area contributed by atoms with Crippen molar-refractivity contribution >= 4 is 34.3 Å². The molecule has 7 nitrogen and oxygen atoms in total. The van der Waals surface area contributed by atoms with E-state index in [4.69, 9.17) is 16.3 Å². The molecule has 2 aromatic carbocycles. The van der Waals surface area contributed by atoms with Gasteiger partial charge in [0.25, 0.3) is 11.8 Å². The number of aromatic nitrogens is 2. The number of benzene rings is 2. The topological polar surface area (TPSA) is 76.5 Å². The summed E-state index contributed by atoms with van der Waals surface area (Å²) in [6, 6.07) is 10.7. The number of carbonyl (C=O) groups is 2. The Labute approximate surface area is 192 Å². The first-order valence-corrected chi connectivity index (χ1v) is 11.1. The summed E-state index contributed by atoms with van der Waals surface area (Å²) in [6.45, 7) is 6.43. The molecule has 168 valence electrons. The smallest absolute Gasteiger partial charge is 0.253 e. The lowest BCUT2D eigenvalue weighted by Gasteiger charge is -2.39. The molecule has 1 aliphatic heterocycles. The van der Waals surface area contributed by atoms with E-state index >= 15 is 0 Å². The molecular weight excluding hydrogens is 428 g/mol. The van der Waals surface area contributed by atoms with Gasteiger partial charge in [0.2, 0.25) is 0 Å². The fraction of sp³-hybridized carbons (Fsp3) is 0.375. The summed E-state index contributed by atoms with van der Waals surface area (Å²) in [7, 11) is 1.62. The molecule has 1 aromatic heterocycles. The van der Waals surface area contributed by atoms with Crippen molar-refractivity contribution in [2.24, 2.45) is 5.92 Å². The lowest BCUT2D eigenvalue weighted by atomic mass is 9.99. The Hall–Kier alpha value is -2.90. The van der Waals surface area contributed by atoms with E-state index in [0.29, 0.717) is 41.7 Å². The largest absolute Gasteiger partial charge is 0.380 e. The number of aryl methyl sites for hydroxylation is 1. The number of amides is 2. The van der Waals surface area contributed by atoms with Crippen LogP contribution in [0.15, 0.2) is 42.6 Å². The Kier molecular flexibility index (Phi) is 6.48. The van der Waals surface area contributed by atoms with Crippen LogP contribution in [0, 0.1) is 12.8 Å². The predicted octanol–water partition coefficient (Wildman–Crippen LogP) is 3.54. The molecule has 0 spiro atoms. The van der Waals surface area contributed by atoms with Crippen LogP contribution in [0.2, 0.25) is 5.02 Å². The van der Waals surface area contributed by atoms with Crippen molar-refractivity contribution in [3.63, 3.8) is 0 Å². The van der Waals surface area contributed by atoms with Crippen molar-refractivity contribution in [1.29, 1.82) is 0 Å². The number of hydrogen-bond donors (Lipinski definition) is 1. The van der Waals surface area contributed by atoms with Gasteiger partial charge >= 0.3 is 0 Å². The van der Waals surface area contributed by atoms with Crippen molar-refractivity contribution in [2.45, 2.75) is 26.5 Å². The van der Waals surface area contributed by atoms with Gasteiger partial charge in [-0.25, -0.2) is 0 Å². The van der Waals surface area contributed by atoms with Gasteiger partial charge in [-0.1, -0.05) is 11.6 Å². The van der Waals surface area contributed by atoms with Crippen molar-refractivity contribution < 1.29 is 14.3 Å². The molecule has 1 N–H and O–H groups in total. The first kappa shape index (κ1) is 22.3. The van der Waals surface area contributed by atoms with Gasteiger partial charge < -0.3 is 15.0 Å². The van der Waals surface area contributed by atoms with Gasteiger partial charge in [-0.2, -0.15) is 5.10 Å². The average Bonchev–Trinajstić information content (AvgIpc) is 3.18. The average molecular weight is 455 g/mol. The number of fused-ring (bicyclic) bond motifs is 1. The van der Waals surface area contributed by atoms with E-state index in [1.807, 2.05) is 41.8 Å². The SMILES string of the molecule is CO[C@H](C)CNC(=O)c1ccc2nn(CC3CN(C(=O)c4ccc(Cl)cc4)C3)cc2c1C. The van der Waals surface area contributed by atoms with Crippen molar-refractivity contribution in [1.82, 2.24) is 20.0 Å². The summed E-state index contributed by atoms with van der Waals surface area (Å²) >= 11 is 5.90. The lowest BCUT2D eigenvalue weighted by Crippen LogP contribution is -2.51. The van der Waals surface area contributed by atoms with E-state index in [-0.39, 0.29) is 17.9 Å². The second-order valence-corrected chi connectivity index (χ2v) is 8.80. The third-order valence-corrected chi connectivity index (χ3v) is 6.24. The van der Waals surface area contributed by atoms with Gasteiger partial charge in [-0.15, -0.1) is 0 Å². The highest BCUT2D eigenvalue weighted by atomic mass is 35.5. The summed E-state index contributed by atoms with van der Waals surface area (Å²) in [5.41, 5.74) is 3.06. The summed E-state index contributed by atoms with van der Waals surface area (Å²) in [5, 5.41) is 9.16. The number of ether oxygens (including phenoxy) is 1. The maximum Gasteiger partial charge on any atom is 0.253 e. The van der Waals surface area contributed by atoms with E-state index in [9.17, 15) is 9.59 Å². The molecule has 1 aliphatic rings. The predicted molar refractivity (Wildman–Crippen MR) is 124 cm³/mol. The normalized spacial score (nSPS) is 14.9. The number of carbonyl (C=O) groups excluding carboxylic acids is 2. The van der Waals surface area contributed by atoms with Crippen LogP contribution in [0.3, 0.4) is 0 Å². The quantitative estimate of drug-likeness (QED) is 0.592. The molecule has 3 aromatic rings. The molecule has 1 atom stereocenters. The van der Waals surface area contributed by atoms with Gasteiger partial charge in [-0.05, 0) is 55.8 Å². The highest BCUT2D eigenvalue weighted by Gasteiger charge is 2.31. The number of likely N-dealkylation sites (tertiary alicyclic amines) is 1. The number of nitrogens with one attached hydrogen (secondary N) is 1. The second-order valence-electron chi connectivity index (χ2n) is 8.36. The van der Waals surface area contributed by atoms with Crippen molar-refractivity contribution in [2.75, 3.05) is 26.7 Å². The number of halogens is 1. The first-order chi connectivity index (χ1) is 15.4. The molecule has 0 bridgehead atoms. The molecule has 0 unspecified atom stereocenters. The van der Waals surface area contributed by atoms with E-state index in [1.165, 1.54) is 0 Å². The van der Waals surface area contributed by atoms with Gasteiger partial charge in [0.1, 0.15) is 0 Å². The van der Waals surface area contributed by atoms with Crippen LogP contribution in [-0.4, -0.2) is 59.3 Å². The van der Waals surface area contributed by atoms with E-state index in [0.717, 1.165) is 23.0 Å². The fourth-order valence-electron chi connectivity index (χ4n) is 3.93. The zero-order valence-corrected chi connectivity index (χ0v) is 19.2. The molecule has 0 radical (unpaired) electrons. The molecule has 0 saturated carbocycles. The number of methoxy groups -OCH3 is 1. The summed E-state index contributed by atoms with van der Waals surface area (Å²) in [4.78, 5) is 27.0. The van der Waals surface area contributed by atoms with Crippen LogP contribution in [0.5, 0.6) is 0 Å². The van der Waals surface area contributed by atoms with Crippen LogP contribution in [0.25, 0.3) is 10.9 Å². The van der Waals surface area contributed by atoms with Crippen molar-refractivity contribution in [3.8, 4) is 0 Å². The Morgan fingerprint density at radius 3 is 2.62 bits per heavy atom. The highest BCUT2D eigenvalue weighted by Crippen LogP contribution is 2.24. The molecule has 32 heavy (non-hydrogen) atoms. The van der Waals surface area contributed by atoms with Crippen molar-refractivity contribution in [3.05, 3.63) is 64.3 Å². The van der Waals surface area contributed by atoms with Gasteiger partial charge in [0, 0.05) is 66.9 Å². The molecule has 1 saturated heterocycles. The van der Waals surface area contributed by atoms with Crippen LogP contribution in [-0.2, 0) is 11.3 Å². The van der Waals surface area contributed by atoms with Crippen LogP contribution >= 0.6 is 11.6 Å². The van der Waals surface area contributed by atoms with E-state index in [2.05, 4.69) is 10.4 Å². The Morgan fingerprint density at radius 2 is 1.94 bits per heavy atom. The molecule has 0 aliphatic carbocycles. The Morgan fingerprint density at radius 1 is 1.22 bits per heavy atom. The van der Waals surface area contributed by atoms with Gasteiger partial charge in [0.05, 0.1) is 11.6 Å². The van der Waals surface area contributed by atoms with Gasteiger partial charge in [0.15, 0.2) is 0 Å². The van der Waals surface area contributed by atoms with Crippen LogP contribution < -0.4 is 5.32 Å². The molecule has 1 fully saturated rings. The monoisotopic (exact) mass is 454 g/mol. The van der Waals surface area contributed by atoms with Gasteiger partial charge in [-0.3, -0.25) is 14.3 Å². The minimum absolute atomic E-state index is 0.0258. The zero-order valence-electron chi connectivity index (χ0n) is 18.5. The molecule has 8 heteroatoms. The van der Waals surface area contributed by atoms with Crippen LogP contribution in [0.4, 0.5) is 0 Å². The number of nitrogens with zero attached hydrogens (tertiary/aromatic N) is 3. The summed E-state index contributed by atoms with van der Waals surface area (Å²) in [6.07, 6.45) is 1.95. The maximum absolute atomic E-state index is 12.6. The Bertz CT molecular complexity index is 1140. The standard InChI is InChI=1S/C24H27ClN4O3/c1-15(32-3)10-26-23(30)20-8-9-22-21(16(20)2)14-29(27-22)13-17-11-28(12-17)24(31)18-4-6-19(25)7-5-18/h4-9,14-15,17H,10-13H2,1-3H3,(H,26,30)/t15-/m1/s1. The molecule has 4 rings (SSSR count). The maximum atomic E-state index is 12.6. The third kappa shape index (κ3) is 4.64. The first-order valence-electron chi connectivity index (χ1n) is 10.7. The number of rotatable bonds is 7. The molecule has 2 amide bonds. The van der Waals surface area contributed by atoms with E-state index in [1.54, 1.807) is 31.4 Å². The molecular formula is C24H27ClN4O3. The third-order valence-electron chi connectivity index (χ3n) is 5.98.